The van der Waals surface area contributed by atoms with Gasteiger partial charge in [-0.05, 0) is 37.7 Å². The van der Waals surface area contributed by atoms with Crippen LogP contribution < -0.4 is 10.9 Å². The molecule has 0 aromatic carbocycles. The molecule has 24 heavy (non-hydrogen) atoms. The molecule has 7 heteroatoms. The van der Waals surface area contributed by atoms with Gasteiger partial charge in [0.25, 0.3) is 5.56 Å². The molecule has 0 radical (unpaired) electrons. The van der Waals surface area contributed by atoms with Crippen LogP contribution in [-0.4, -0.2) is 35.2 Å². The Morgan fingerprint density at radius 3 is 3.12 bits per heavy atom. The number of ether oxygens (including phenoxy) is 1. The zero-order valence-corrected chi connectivity index (χ0v) is 15.1. The monoisotopic (exact) mass is 349 g/mol. The Morgan fingerprint density at radius 1 is 1.58 bits per heavy atom. The molecular weight excluding hydrogens is 326 g/mol. The van der Waals surface area contributed by atoms with E-state index in [1.54, 1.807) is 18.4 Å². The standard InChI is InChI=1S/C17H23N3O3S/c1-10-4-5-12-13(6-10)24-16-15(12)17(22)20(9-18-16)7-14(21)19-11(2)8-23-3/h9-11H,4-8H2,1-3H3,(H,19,21)/t10-,11+/m0/s1. The Morgan fingerprint density at radius 2 is 2.38 bits per heavy atom. The maximum atomic E-state index is 12.8. The summed E-state index contributed by atoms with van der Waals surface area (Å²) in [7, 11) is 1.59. The second-order valence-electron chi connectivity index (χ2n) is 6.63. The fourth-order valence-corrected chi connectivity index (χ4v) is 4.59. The molecule has 0 unspecified atom stereocenters. The maximum absolute atomic E-state index is 12.8. The van der Waals surface area contributed by atoms with E-state index in [-0.39, 0.29) is 24.1 Å². The second-order valence-corrected chi connectivity index (χ2v) is 7.72. The Balaban J connectivity index is 1.86. The molecule has 0 bridgehead atoms. The number of nitrogens with one attached hydrogen (secondary N) is 1. The van der Waals surface area contributed by atoms with Gasteiger partial charge in [-0.1, -0.05) is 6.92 Å². The van der Waals surface area contributed by atoms with E-state index in [1.165, 1.54) is 15.8 Å². The number of carbonyl (C=O) groups excluding carboxylic acids is 1. The number of thiophene rings is 1. The van der Waals surface area contributed by atoms with E-state index < -0.39 is 0 Å². The lowest BCUT2D eigenvalue weighted by Gasteiger charge is -2.17. The normalized spacial score (nSPS) is 18.4. The van der Waals surface area contributed by atoms with Crippen LogP contribution in [0, 0.1) is 5.92 Å². The molecule has 2 atom stereocenters. The quantitative estimate of drug-likeness (QED) is 0.892. The molecule has 1 N–H and O–H groups in total. The number of methoxy groups -OCH3 is 1. The summed E-state index contributed by atoms with van der Waals surface area (Å²) in [5.74, 6) is 0.446. The van der Waals surface area contributed by atoms with E-state index >= 15 is 0 Å². The van der Waals surface area contributed by atoms with Crippen molar-refractivity contribution in [1.82, 2.24) is 14.9 Å². The van der Waals surface area contributed by atoms with Gasteiger partial charge in [-0.15, -0.1) is 11.3 Å². The first-order valence-corrected chi connectivity index (χ1v) is 9.09. The highest BCUT2D eigenvalue weighted by atomic mass is 32.1. The summed E-state index contributed by atoms with van der Waals surface area (Å²) in [6, 6.07) is -0.0923. The molecule has 0 saturated carbocycles. The Bertz CT molecular complexity index is 811. The van der Waals surface area contributed by atoms with Crippen LogP contribution in [0.15, 0.2) is 11.1 Å². The lowest BCUT2D eigenvalue weighted by Crippen LogP contribution is -2.39. The largest absolute Gasteiger partial charge is 0.383 e. The molecular formula is C17H23N3O3S. The number of hydrogen-bond donors (Lipinski definition) is 1. The number of aryl methyl sites for hydroxylation is 1. The first-order valence-electron chi connectivity index (χ1n) is 8.27. The Labute approximate surface area is 144 Å². The van der Waals surface area contributed by atoms with E-state index in [0.29, 0.717) is 17.9 Å². The predicted octanol–water partition coefficient (Wildman–Crippen LogP) is 1.73. The molecule has 2 aromatic heterocycles. The number of aromatic nitrogens is 2. The lowest BCUT2D eigenvalue weighted by molar-refractivity contribution is -0.122. The van der Waals surface area contributed by atoms with Crippen molar-refractivity contribution in [2.45, 2.75) is 45.7 Å². The van der Waals surface area contributed by atoms with Crippen molar-refractivity contribution < 1.29 is 9.53 Å². The van der Waals surface area contributed by atoms with Crippen LogP contribution >= 0.6 is 11.3 Å². The van der Waals surface area contributed by atoms with E-state index in [9.17, 15) is 9.59 Å². The summed E-state index contributed by atoms with van der Waals surface area (Å²) < 4.78 is 6.41. The van der Waals surface area contributed by atoms with Crippen LogP contribution in [0.25, 0.3) is 10.2 Å². The summed E-state index contributed by atoms with van der Waals surface area (Å²) in [5.41, 5.74) is 1.04. The van der Waals surface area contributed by atoms with Crippen molar-refractivity contribution in [1.29, 1.82) is 0 Å². The van der Waals surface area contributed by atoms with Crippen molar-refractivity contribution in [2.24, 2.45) is 5.92 Å². The smallest absolute Gasteiger partial charge is 0.262 e. The minimum absolute atomic E-state index is 0.0170. The van der Waals surface area contributed by atoms with Crippen LogP contribution in [-0.2, 0) is 28.9 Å². The fourth-order valence-electron chi connectivity index (χ4n) is 3.25. The van der Waals surface area contributed by atoms with Crippen LogP contribution in [0.4, 0.5) is 0 Å². The molecule has 2 aromatic rings. The van der Waals surface area contributed by atoms with Crippen molar-refractivity contribution >= 4 is 27.5 Å². The number of rotatable bonds is 5. The summed E-state index contributed by atoms with van der Waals surface area (Å²) in [5, 5.41) is 3.53. The highest BCUT2D eigenvalue weighted by molar-refractivity contribution is 7.18. The Hall–Kier alpha value is -1.73. The van der Waals surface area contributed by atoms with Gasteiger partial charge >= 0.3 is 0 Å². The number of hydrogen-bond acceptors (Lipinski definition) is 5. The third-order valence-electron chi connectivity index (χ3n) is 4.42. The van der Waals surface area contributed by atoms with Crippen molar-refractivity contribution in [3.63, 3.8) is 0 Å². The first-order chi connectivity index (χ1) is 11.5. The predicted molar refractivity (Wildman–Crippen MR) is 94.5 cm³/mol. The van der Waals surface area contributed by atoms with Gasteiger partial charge in [-0.3, -0.25) is 14.2 Å². The summed E-state index contributed by atoms with van der Waals surface area (Å²) >= 11 is 1.62. The van der Waals surface area contributed by atoms with Crippen molar-refractivity contribution in [2.75, 3.05) is 13.7 Å². The van der Waals surface area contributed by atoms with Crippen LogP contribution in [0.5, 0.6) is 0 Å². The number of amides is 1. The van der Waals surface area contributed by atoms with E-state index in [4.69, 9.17) is 4.74 Å². The molecule has 2 heterocycles. The zero-order valence-electron chi connectivity index (χ0n) is 14.3. The van der Waals surface area contributed by atoms with Gasteiger partial charge in [-0.25, -0.2) is 4.98 Å². The van der Waals surface area contributed by atoms with Crippen molar-refractivity contribution in [3.05, 3.63) is 27.1 Å². The molecule has 1 aliphatic rings. The van der Waals surface area contributed by atoms with Gasteiger partial charge < -0.3 is 10.1 Å². The van der Waals surface area contributed by atoms with E-state index in [2.05, 4.69) is 17.2 Å². The molecule has 0 spiro atoms. The highest BCUT2D eigenvalue weighted by Gasteiger charge is 2.23. The number of nitrogens with zero attached hydrogens (tertiary/aromatic N) is 2. The number of fused-ring (bicyclic) bond motifs is 3. The fraction of sp³-hybridized carbons (Fsp3) is 0.588. The number of carbonyl (C=O) groups is 1. The topological polar surface area (TPSA) is 73.2 Å². The van der Waals surface area contributed by atoms with Gasteiger partial charge in [0.15, 0.2) is 0 Å². The third-order valence-corrected chi connectivity index (χ3v) is 5.58. The molecule has 1 aliphatic carbocycles. The second kappa shape index (κ2) is 7.03. The van der Waals surface area contributed by atoms with Crippen molar-refractivity contribution in [3.8, 4) is 0 Å². The van der Waals surface area contributed by atoms with Gasteiger partial charge in [0.1, 0.15) is 11.4 Å². The van der Waals surface area contributed by atoms with E-state index in [1.807, 2.05) is 6.92 Å². The molecule has 3 rings (SSSR count). The lowest BCUT2D eigenvalue weighted by atomic mass is 9.89. The molecule has 0 fully saturated rings. The van der Waals surface area contributed by atoms with Crippen LogP contribution in [0.2, 0.25) is 0 Å². The molecule has 0 saturated heterocycles. The average Bonchev–Trinajstić information content (AvgIpc) is 2.88. The van der Waals surface area contributed by atoms with Crippen LogP contribution in [0.3, 0.4) is 0 Å². The minimum atomic E-state index is -0.208. The summed E-state index contributed by atoms with van der Waals surface area (Å²) in [6.07, 6.45) is 4.53. The first kappa shape index (κ1) is 17.1. The Kier molecular flexibility index (Phi) is 5.01. The maximum Gasteiger partial charge on any atom is 0.262 e. The van der Waals surface area contributed by atoms with Crippen LogP contribution in [0.1, 0.15) is 30.7 Å². The average molecular weight is 349 g/mol. The van der Waals surface area contributed by atoms with Gasteiger partial charge in [0.05, 0.1) is 18.3 Å². The van der Waals surface area contributed by atoms with Gasteiger partial charge in [0, 0.05) is 18.0 Å². The minimum Gasteiger partial charge on any atom is -0.383 e. The SMILES string of the molecule is COC[C@@H](C)NC(=O)Cn1cnc2sc3c(c2c1=O)CC[C@H](C)C3. The molecule has 1 amide bonds. The van der Waals surface area contributed by atoms with Gasteiger partial charge in [0.2, 0.25) is 5.91 Å². The third kappa shape index (κ3) is 3.37. The molecule has 130 valence electrons. The summed E-state index contributed by atoms with van der Waals surface area (Å²) in [4.78, 5) is 31.4. The zero-order chi connectivity index (χ0) is 17.3. The van der Waals surface area contributed by atoms with E-state index in [0.717, 1.165) is 29.7 Å². The molecule has 0 aliphatic heterocycles. The highest BCUT2D eigenvalue weighted by Crippen LogP contribution is 2.35. The van der Waals surface area contributed by atoms with Gasteiger partial charge in [-0.2, -0.15) is 0 Å². The summed E-state index contributed by atoms with van der Waals surface area (Å²) in [6.45, 7) is 4.53. The molecule has 6 nitrogen and oxygen atoms in total.